The molecule has 5 rings (SSSR count). The van der Waals surface area contributed by atoms with Gasteiger partial charge in [-0.3, -0.25) is 9.59 Å². The number of nitrogens with one attached hydrogen (secondary N) is 2. The van der Waals surface area contributed by atoms with Gasteiger partial charge in [0.25, 0.3) is 11.5 Å². The first-order valence-electron chi connectivity index (χ1n) is 13.1. The molecule has 2 fully saturated rings. The fourth-order valence-electron chi connectivity index (χ4n) is 4.85. The third kappa shape index (κ3) is 6.58. The SMILES string of the molecule is CNC(=O)COc1cc2cc(Nc3nc(N4CCCC(CI)C4)ncc3Cl)ccc2n(CCC2COC2)c1=O. The molecule has 1 unspecified atom stereocenters. The number of nitrogens with zero attached hydrogens (tertiary/aromatic N) is 4. The predicted molar refractivity (Wildman–Crippen MR) is 161 cm³/mol. The Labute approximate surface area is 245 Å². The Kier molecular flexibility index (Phi) is 9.08. The summed E-state index contributed by atoms with van der Waals surface area (Å²) < 4.78 is 13.7. The number of rotatable bonds is 10. The molecule has 1 aromatic carbocycles. The lowest BCUT2D eigenvalue weighted by Gasteiger charge is -2.32. The van der Waals surface area contributed by atoms with Crippen LogP contribution in [0.2, 0.25) is 5.02 Å². The molecule has 39 heavy (non-hydrogen) atoms. The minimum Gasteiger partial charge on any atom is -0.478 e. The van der Waals surface area contributed by atoms with Crippen molar-refractivity contribution in [2.45, 2.75) is 25.8 Å². The van der Waals surface area contributed by atoms with Crippen LogP contribution in [0.1, 0.15) is 19.3 Å². The van der Waals surface area contributed by atoms with Crippen molar-refractivity contribution in [2.24, 2.45) is 11.8 Å². The molecule has 12 heteroatoms. The van der Waals surface area contributed by atoms with E-state index in [0.29, 0.717) is 48.4 Å². The van der Waals surface area contributed by atoms with Crippen LogP contribution in [-0.4, -0.2) is 64.8 Å². The first-order valence-corrected chi connectivity index (χ1v) is 15.0. The van der Waals surface area contributed by atoms with Crippen molar-refractivity contribution in [1.82, 2.24) is 19.9 Å². The number of fused-ring (bicyclic) bond motifs is 1. The number of halogens is 2. The molecule has 1 atom stereocenters. The van der Waals surface area contributed by atoms with E-state index in [1.807, 2.05) is 18.2 Å². The van der Waals surface area contributed by atoms with E-state index < -0.39 is 0 Å². The van der Waals surface area contributed by atoms with Gasteiger partial charge in [-0.25, -0.2) is 4.98 Å². The van der Waals surface area contributed by atoms with Crippen LogP contribution in [0.25, 0.3) is 10.9 Å². The largest absolute Gasteiger partial charge is 0.478 e. The third-order valence-electron chi connectivity index (χ3n) is 7.18. The first kappa shape index (κ1) is 27.9. The minimum absolute atomic E-state index is 0.130. The summed E-state index contributed by atoms with van der Waals surface area (Å²) in [7, 11) is 1.53. The van der Waals surface area contributed by atoms with E-state index in [-0.39, 0.29) is 23.8 Å². The van der Waals surface area contributed by atoms with Gasteiger partial charge in [-0.15, -0.1) is 0 Å². The summed E-state index contributed by atoms with van der Waals surface area (Å²) in [4.78, 5) is 36.5. The van der Waals surface area contributed by atoms with Gasteiger partial charge < -0.3 is 29.6 Å². The van der Waals surface area contributed by atoms with Crippen LogP contribution in [0.15, 0.2) is 35.3 Å². The summed E-state index contributed by atoms with van der Waals surface area (Å²) >= 11 is 8.93. The zero-order chi connectivity index (χ0) is 27.4. The Morgan fingerprint density at radius 2 is 2.13 bits per heavy atom. The van der Waals surface area contributed by atoms with Gasteiger partial charge in [-0.2, -0.15) is 4.98 Å². The molecule has 208 valence electrons. The second kappa shape index (κ2) is 12.7. The topological polar surface area (TPSA) is 111 Å². The molecule has 1 amide bonds. The zero-order valence-corrected chi connectivity index (χ0v) is 24.7. The average molecular weight is 667 g/mol. The molecule has 2 aliphatic heterocycles. The van der Waals surface area contributed by atoms with E-state index in [2.05, 4.69) is 43.1 Å². The monoisotopic (exact) mass is 666 g/mol. The molecule has 0 spiro atoms. The van der Waals surface area contributed by atoms with Gasteiger partial charge in [0.15, 0.2) is 18.2 Å². The normalized spacial score (nSPS) is 17.6. The Bertz CT molecular complexity index is 1400. The van der Waals surface area contributed by atoms with Crippen LogP contribution < -0.4 is 25.8 Å². The first-order chi connectivity index (χ1) is 18.9. The molecule has 2 aliphatic rings. The van der Waals surface area contributed by atoms with E-state index >= 15 is 0 Å². The van der Waals surface area contributed by atoms with E-state index in [1.165, 1.54) is 13.5 Å². The lowest BCUT2D eigenvalue weighted by molar-refractivity contribution is -0.122. The molecule has 0 aliphatic carbocycles. The van der Waals surface area contributed by atoms with Gasteiger partial charge in [0.1, 0.15) is 5.02 Å². The maximum Gasteiger partial charge on any atom is 0.293 e. The molecule has 0 saturated carbocycles. The summed E-state index contributed by atoms with van der Waals surface area (Å²) in [6, 6.07) is 7.42. The van der Waals surface area contributed by atoms with Crippen molar-refractivity contribution in [2.75, 3.05) is 54.6 Å². The van der Waals surface area contributed by atoms with Gasteiger partial charge in [0.2, 0.25) is 5.95 Å². The summed E-state index contributed by atoms with van der Waals surface area (Å²) in [5, 5.41) is 7.06. The predicted octanol–water partition coefficient (Wildman–Crippen LogP) is 4.00. The van der Waals surface area contributed by atoms with Crippen LogP contribution in [0, 0.1) is 11.8 Å². The highest BCUT2D eigenvalue weighted by Gasteiger charge is 2.22. The summed E-state index contributed by atoms with van der Waals surface area (Å²) in [5.74, 6) is 2.07. The smallest absolute Gasteiger partial charge is 0.293 e. The number of likely N-dealkylation sites (N-methyl/N-ethyl adjacent to an activating group) is 1. The fourth-order valence-corrected chi connectivity index (χ4v) is 5.71. The number of hydrogen-bond acceptors (Lipinski definition) is 8. The van der Waals surface area contributed by atoms with Crippen molar-refractivity contribution in [3.63, 3.8) is 0 Å². The minimum atomic E-state index is -0.309. The van der Waals surface area contributed by atoms with Crippen molar-refractivity contribution < 1.29 is 14.3 Å². The Balaban J connectivity index is 1.43. The van der Waals surface area contributed by atoms with Crippen LogP contribution in [0.4, 0.5) is 17.5 Å². The van der Waals surface area contributed by atoms with Crippen LogP contribution in [0.5, 0.6) is 5.75 Å². The Hall–Kier alpha value is -2.64. The molecule has 0 bridgehead atoms. The number of amides is 1. The number of aryl methyl sites for hydroxylation is 1. The van der Waals surface area contributed by atoms with Gasteiger partial charge >= 0.3 is 0 Å². The number of ether oxygens (including phenoxy) is 2. The highest BCUT2D eigenvalue weighted by atomic mass is 127. The molecule has 3 aromatic rings. The van der Waals surface area contributed by atoms with Crippen LogP contribution in [0.3, 0.4) is 0 Å². The zero-order valence-electron chi connectivity index (χ0n) is 21.8. The second-order valence-electron chi connectivity index (χ2n) is 9.99. The van der Waals surface area contributed by atoms with Gasteiger partial charge in [0, 0.05) is 48.1 Å². The summed E-state index contributed by atoms with van der Waals surface area (Å²) in [6.07, 6.45) is 4.80. The van der Waals surface area contributed by atoms with Crippen molar-refractivity contribution in [3.8, 4) is 5.75 Å². The highest BCUT2D eigenvalue weighted by molar-refractivity contribution is 14.1. The van der Waals surface area contributed by atoms with Gasteiger partial charge in [-0.1, -0.05) is 34.2 Å². The van der Waals surface area contributed by atoms with Crippen LogP contribution in [-0.2, 0) is 16.1 Å². The maximum absolute atomic E-state index is 13.3. The number of pyridine rings is 1. The standard InChI is InChI=1S/C27H32ClIN6O4/c1-30-24(36)16-39-23-10-19-9-20(4-5-22(19)35(26(23)37)8-6-18-14-38-15-18)32-25-21(28)12-31-27(33-25)34-7-2-3-17(11-29)13-34/h4-5,9-10,12,17-18H,2-3,6-8,11,13-16H2,1H3,(H,30,36)(H,31,32,33). The fraction of sp³-hybridized carbons (Fsp3) is 0.481. The number of hydrogen-bond donors (Lipinski definition) is 2. The number of anilines is 3. The Morgan fingerprint density at radius 1 is 1.28 bits per heavy atom. The van der Waals surface area contributed by atoms with Gasteiger partial charge in [0.05, 0.1) is 24.9 Å². The second-order valence-corrected chi connectivity index (χ2v) is 11.3. The molecule has 2 saturated heterocycles. The third-order valence-corrected chi connectivity index (χ3v) is 8.70. The molecule has 4 heterocycles. The van der Waals surface area contributed by atoms with E-state index in [9.17, 15) is 9.59 Å². The maximum atomic E-state index is 13.3. The number of benzene rings is 1. The number of aromatic nitrogens is 3. The number of alkyl halides is 1. The lowest BCUT2D eigenvalue weighted by atomic mass is 10.0. The summed E-state index contributed by atoms with van der Waals surface area (Å²) in [5.41, 5.74) is 1.28. The van der Waals surface area contributed by atoms with Crippen molar-refractivity contribution in [1.29, 1.82) is 0 Å². The van der Waals surface area contributed by atoms with Crippen molar-refractivity contribution in [3.05, 3.63) is 45.8 Å². The van der Waals surface area contributed by atoms with E-state index in [4.69, 9.17) is 26.1 Å². The van der Waals surface area contributed by atoms with Crippen molar-refractivity contribution >= 4 is 68.5 Å². The molecule has 0 radical (unpaired) electrons. The molecule has 10 nitrogen and oxygen atoms in total. The quantitative estimate of drug-likeness (QED) is 0.247. The number of carbonyl (C=O) groups excluding carboxylic acids is 1. The van der Waals surface area contributed by atoms with E-state index in [1.54, 1.807) is 16.8 Å². The number of carbonyl (C=O) groups is 1. The van der Waals surface area contributed by atoms with Gasteiger partial charge in [-0.05, 0) is 49.4 Å². The number of piperidine rings is 1. The molecular weight excluding hydrogens is 635 g/mol. The summed E-state index contributed by atoms with van der Waals surface area (Å²) in [6.45, 7) is 3.58. The molecule has 2 aromatic heterocycles. The van der Waals surface area contributed by atoms with E-state index in [0.717, 1.165) is 46.9 Å². The van der Waals surface area contributed by atoms with Crippen LogP contribution >= 0.6 is 34.2 Å². The molecule has 2 N–H and O–H groups in total. The average Bonchev–Trinajstić information content (AvgIpc) is 2.93. The highest BCUT2D eigenvalue weighted by Crippen LogP contribution is 2.30. The lowest BCUT2D eigenvalue weighted by Crippen LogP contribution is -2.37. The Morgan fingerprint density at radius 3 is 2.87 bits per heavy atom. The molecular formula is C27H32ClIN6O4.